The summed E-state index contributed by atoms with van der Waals surface area (Å²) >= 11 is 0. The molecule has 1 aromatic rings. The van der Waals surface area contributed by atoms with Gasteiger partial charge in [0.25, 0.3) is 0 Å². The molecule has 0 fully saturated rings. The fourth-order valence-corrected chi connectivity index (χ4v) is 1.50. The predicted molar refractivity (Wildman–Crippen MR) is 75.9 cm³/mol. The second kappa shape index (κ2) is 7.06. The predicted octanol–water partition coefficient (Wildman–Crippen LogP) is 3.60. The quantitative estimate of drug-likeness (QED) is 0.835. The van der Waals surface area contributed by atoms with Gasteiger partial charge in [0.1, 0.15) is 23.0 Å². The maximum atomic E-state index is 13.4. The third-order valence-electron chi connectivity index (χ3n) is 2.33. The summed E-state index contributed by atoms with van der Waals surface area (Å²) in [7, 11) is 0. The Balaban J connectivity index is 2.45. The molecule has 0 aliphatic carbocycles. The van der Waals surface area contributed by atoms with Crippen LogP contribution in [-0.2, 0) is 4.74 Å². The van der Waals surface area contributed by atoms with E-state index < -0.39 is 29.1 Å². The van der Waals surface area contributed by atoms with Crippen LogP contribution in [0.5, 0.6) is 5.75 Å². The lowest BCUT2D eigenvalue weighted by Crippen LogP contribution is -2.32. The molecule has 1 amide bonds. The number of benzene rings is 1. The molecule has 0 aliphatic rings. The monoisotopic (exact) mass is 299 g/mol. The van der Waals surface area contributed by atoms with Gasteiger partial charge in [-0.3, -0.25) is 0 Å². The summed E-state index contributed by atoms with van der Waals surface area (Å²) < 4.78 is 31.8. The molecular formula is C15H19F2NO3. The Hall–Kier alpha value is -2.11. The molecule has 6 heteroatoms. The third-order valence-corrected chi connectivity index (χ3v) is 2.33. The van der Waals surface area contributed by atoms with E-state index in [2.05, 4.69) is 5.32 Å². The van der Waals surface area contributed by atoms with Crippen molar-refractivity contribution >= 4 is 12.2 Å². The highest BCUT2D eigenvalue weighted by Crippen LogP contribution is 2.20. The normalized spacial score (nSPS) is 11.7. The maximum Gasteiger partial charge on any atom is 0.407 e. The van der Waals surface area contributed by atoms with Crippen LogP contribution in [0.4, 0.5) is 13.6 Å². The van der Waals surface area contributed by atoms with Crippen LogP contribution in [-0.4, -0.2) is 23.3 Å². The van der Waals surface area contributed by atoms with Crippen molar-refractivity contribution in [2.75, 3.05) is 6.54 Å². The molecule has 116 valence electrons. The molecule has 0 unspecified atom stereocenters. The molecule has 0 aliphatic heterocycles. The second-order valence-electron chi connectivity index (χ2n) is 5.44. The van der Waals surface area contributed by atoms with Gasteiger partial charge in [-0.25, -0.2) is 13.6 Å². The number of nitrogens with one attached hydrogen (secondary N) is 1. The van der Waals surface area contributed by atoms with Crippen LogP contribution < -0.4 is 5.32 Å². The molecule has 0 heterocycles. The lowest BCUT2D eigenvalue weighted by molar-refractivity contribution is 0.0529. The SMILES string of the molecule is CC(C)(C)OC(=O)NCCC=Cc1c(F)cc(O)cc1F. The molecule has 0 saturated heterocycles. The molecule has 0 radical (unpaired) electrons. The van der Waals surface area contributed by atoms with Crippen LogP contribution in [0.2, 0.25) is 0 Å². The Labute approximate surface area is 122 Å². The van der Waals surface area contributed by atoms with Gasteiger partial charge in [0.2, 0.25) is 0 Å². The van der Waals surface area contributed by atoms with E-state index >= 15 is 0 Å². The fraction of sp³-hybridized carbons (Fsp3) is 0.400. The van der Waals surface area contributed by atoms with Crippen molar-refractivity contribution in [2.45, 2.75) is 32.8 Å². The summed E-state index contributed by atoms with van der Waals surface area (Å²) in [6.07, 6.45) is 2.63. The summed E-state index contributed by atoms with van der Waals surface area (Å²) in [4.78, 5) is 11.3. The van der Waals surface area contributed by atoms with Crippen molar-refractivity contribution < 1.29 is 23.4 Å². The lowest BCUT2D eigenvalue weighted by atomic mass is 10.1. The van der Waals surface area contributed by atoms with Crippen molar-refractivity contribution in [2.24, 2.45) is 0 Å². The Kier molecular flexibility index (Phi) is 5.69. The first-order chi connectivity index (χ1) is 9.69. The van der Waals surface area contributed by atoms with Crippen molar-refractivity contribution in [1.29, 1.82) is 0 Å². The summed E-state index contributed by atoms with van der Waals surface area (Å²) in [5.41, 5.74) is -0.803. The van der Waals surface area contributed by atoms with Crippen LogP contribution >= 0.6 is 0 Å². The first kappa shape index (κ1) is 16.9. The van der Waals surface area contributed by atoms with Crippen LogP contribution in [0.25, 0.3) is 6.08 Å². The number of halogens is 2. The number of ether oxygens (including phenoxy) is 1. The van der Waals surface area contributed by atoms with Gasteiger partial charge < -0.3 is 15.2 Å². The van der Waals surface area contributed by atoms with Gasteiger partial charge in [0.15, 0.2) is 0 Å². The fourth-order valence-electron chi connectivity index (χ4n) is 1.50. The van der Waals surface area contributed by atoms with E-state index in [1.165, 1.54) is 12.2 Å². The largest absolute Gasteiger partial charge is 0.508 e. The van der Waals surface area contributed by atoms with E-state index in [1.54, 1.807) is 20.8 Å². The zero-order valence-corrected chi connectivity index (χ0v) is 12.2. The van der Waals surface area contributed by atoms with Gasteiger partial charge in [0.05, 0.1) is 0 Å². The number of alkyl carbamates (subject to hydrolysis) is 1. The third kappa shape index (κ3) is 6.25. The number of phenolic OH excluding ortho intramolecular Hbond substituents is 1. The van der Waals surface area contributed by atoms with Crippen LogP contribution in [0, 0.1) is 11.6 Å². The maximum absolute atomic E-state index is 13.4. The van der Waals surface area contributed by atoms with Crippen LogP contribution in [0.15, 0.2) is 18.2 Å². The van der Waals surface area contributed by atoms with E-state index in [9.17, 15) is 13.6 Å². The minimum atomic E-state index is -0.844. The molecule has 2 N–H and O–H groups in total. The number of aromatic hydroxyl groups is 1. The topological polar surface area (TPSA) is 58.6 Å². The molecule has 0 aromatic heterocycles. The van der Waals surface area contributed by atoms with Gasteiger partial charge in [-0.1, -0.05) is 12.2 Å². The molecule has 0 saturated carbocycles. The molecule has 1 rings (SSSR count). The van der Waals surface area contributed by atoms with Crippen molar-refractivity contribution in [1.82, 2.24) is 5.32 Å². The number of carbonyl (C=O) groups is 1. The highest BCUT2D eigenvalue weighted by Gasteiger charge is 2.15. The van der Waals surface area contributed by atoms with E-state index in [0.717, 1.165) is 12.1 Å². The van der Waals surface area contributed by atoms with E-state index in [1.807, 2.05) is 0 Å². The first-order valence-electron chi connectivity index (χ1n) is 6.50. The van der Waals surface area contributed by atoms with Gasteiger partial charge in [-0.05, 0) is 27.2 Å². The Morgan fingerprint density at radius 3 is 2.43 bits per heavy atom. The molecule has 0 atom stereocenters. The number of carbonyl (C=O) groups excluding carboxylic acids is 1. The Bertz CT molecular complexity index is 513. The van der Waals surface area contributed by atoms with E-state index in [0.29, 0.717) is 6.42 Å². The smallest absolute Gasteiger partial charge is 0.407 e. The highest BCUT2D eigenvalue weighted by molar-refractivity contribution is 5.67. The van der Waals surface area contributed by atoms with Crippen LogP contribution in [0.3, 0.4) is 0 Å². The van der Waals surface area contributed by atoms with E-state index in [-0.39, 0.29) is 12.1 Å². The van der Waals surface area contributed by atoms with Gasteiger partial charge in [-0.15, -0.1) is 0 Å². The van der Waals surface area contributed by atoms with Crippen LogP contribution in [0.1, 0.15) is 32.8 Å². The molecule has 0 bridgehead atoms. The van der Waals surface area contributed by atoms with Gasteiger partial charge in [0, 0.05) is 24.2 Å². The molecular weight excluding hydrogens is 280 g/mol. The highest BCUT2D eigenvalue weighted by atomic mass is 19.1. The standard InChI is InChI=1S/C15H19F2NO3/c1-15(2,3)21-14(20)18-7-5-4-6-11-12(16)8-10(19)9-13(11)17/h4,6,8-9,19H,5,7H2,1-3H3,(H,18,20). The van der Waals surface area contributed by atoms with Gasteiger partial charge in [-0.2, -0.15) is 0 Å². The molecule has 0 spiro atoms. The molecule has 21 heavy (non-hydrogen) atoms. The summed E-state index contributed by atoms with van der Waals surface area (Å²) in [6.45, 7) is 5.54. The molecule has 1 aromatic carbocycles. The van der Waals surface area contributed by atoms with E-state index in [4.69, 9.17) is 9.84 Å². The summed E-state index contributed by atoms with van der Waals surface area (Å²) in [5.74, 6) is -2.15. The number of amides is 1. The minimum Gasteiger partial charge on any atom is -0.508 e. The summed E-state index contributed by atoms with van der Waals surface area (Å²) in [6, 6.07) is 1.67. The zero-order valence-electron chi connectivity index (χ0n) is 12.2. The van der Waals surface area contributed by atoms with Crippen molar-refractivity contribution in [3.63, 3.8) is 0 Å². The minimum absolute atomic E-state index is 0.231. The van der Waals surface area contributed by atoms with Gasteiger partial charge >= 0.3 is 6.09 Å². The number of phenols is 1. The van der Waals surface area contributed by atoms with Crippen molar-refractivity contribution in [3.8, 4) is 5.75 Å². The molecule has 4 nitrogen and oxygen atoms in total. The number of hydrogen-bond donors (Lipinski definition) is 2. The number of rotatable bonds is 4. The Morgan fingerprint density at radius 2 is 1.90 bits per heavy atom. The summed E-state index contributed by atoms with van der Waals surface area (Å²) in [5, 5.41) is 11.5. The van der Waals surface area contributed by atoms with Crippen molar-refractivity contribution in [3.05, 3.63) is 35.4 Å². The second-order valence-corrected chi connectivity index (χ2v) is 5.44. The number of hydrogen-bond acceptors (Lipinski definition) is 3. The average Bonchev–Trinajstić information content (AvgIpc) is 2.29. The lowest BCUT2D eigenvalue weighted by Gasteiger charge is -2.19. The average molecular weight is 299 g/mol. The Morgan fingerprint density at radius 1 is 1.33 bits per heavy atom. The first-order valence-corrected chi connectivity index (χ1v) is 6.50. The zero-order chi connectivity index (χ0) is 16.0.